The summed E-state index contributed by atoms with van der Waals surface area (Å²) < 4.78 is 0. The lowest BCUT2D eigenvalue weighted by Crippen LogP contribution is -2.50. The average molecular weight is 254 g/mol. The van der Waals surface area contributed by atoms with E-state index in [-0.39, 0.29) is 11.9 Å². The fraction of sp³-hybridized carbons (Fsp3) is 0.923. The van der Waals surface area contributed by atoms with Crippen LogP contribution >= 0.6 is 11.8 Å². The molecule has 2 bridgehead atoms. The molecule has 1 amide bonds. The number of fused-ring (bicyclic) bond motifs is 2. The highest BCUT2D eigenvalue weighted by atomic mass is 32.2. The summed E-state index contributed by atoms with van der Waals surface area (Å²) in [4.78, 5) is 12.0. The monoisotopic (exact) mass is 254 g/mol. The molecule has 1 saturated heterocycles. The van der Waals surface area contributed by atoms with E-state index >= 15 is 0 Å². The first-order valence-electron chi connectivity index (χ1n) is 6.92. The molecule has 17 heavy (non-hydrogen) atoms. The molecule has 0 radical (unpaired) electrons. The van der Waals surface area contributed by atoms with Crippen molar-refractivity contribution in [2.45, 2.75) is 31.7 Å². The molecule has 0 aromatic heterocycles. The van der Waals surface area contributed by atoms with Crippen LogP contribution in [0.15, 0.2) is 0 Å². The minimum absolute atomic E-state index is 0.0485. The number of carbonyl (C=O) groups is 1. The molecule has 2 aliphatic carbocycles. The Bertz CT molecular complexity index is 291. The van der Waals surface area contributed by atoms with Crippen molar-refractivity contribution in [3.63, 3.8) is 0 Å². The van der Waals surface area contributed by atoms with E-state index < -0.39 is 0 Å². The number of carbonyl (C=O) groups excluding carboxylic acids is 1. The lowest BCUT2D eigenvalue weighted by Gasteiger charge is -2.25. The smallest absolute Gasteiger partial charge is 0.238 e. The van der Waals surface area contributed by atoms with Crippen molar-refractivity contribution in [3.8, 4) is 0 Å². The maximum Gasteiger partial charge on any atom is 0.238 e. The Morgan fingerprint density at radius 1 is 1.35 bits per heavy atom. The van der Waals surface area contributed by atoms with E-state index in [4.69, 9.17) is 0 Å². The van der Waals surface area contributed by atoms with Gasteiger partial charge in [-0.05, 0) is 37.0 Å². The molecule has 1 aliphatic heterocycles. The van der Waals surface area contributed by atoms with Gasteiger partial charge in [-0.2, -0.15) is 11.8 Å². The number of hydrogen-bond donors (Lipinski definition) is 2. The summed E-state index contributed by atoms with van der Waals surface area (Å²) in [5, 5.41) is 6.46. The summed E-state index contributed by atoms with van der Waals surface area (Å²) in [5.74, 6) is 4.95. The first-order chi connectivity index (χ1) is 8.33. The quantitative estimate of drug-likeness (QED) is 0.796. The summed E-state index contributed by atoms with van der Waals surface area (Å²) in [7, 11) is 0. The number of nitrogens with one attached hydrogen (secondary N) is 2. The fourth-order valence-electron chi connectivity index (χ4n) is 3.72. The van der Waals surface area contributed by atoms with Crippen LogP contribution in [0.5, 0.6) is 0 Å². The van der Waals surface area contributed by atoms with E-state index in [1.165, 1.54) is 25.7 Å². The highest BCUT2D eigenvalue weighted by Gasteiger charge is 2.39. The van der Waals surface area contributed by atoms with Gasteiger partial charge in [0.05, 0.1) is 6.04 Å². The van der Waals surface area contributed by atoms with Gasteiger partial charge in [0.1, 0.15) is 0 Å². The molecule has 0 aromatic carbocycles. The van der Waals surface area contributed by atoms with Gasteiger partial charge in [-0.25, -0.2) is 0 Å². The number of hydrogen-bond acceptors (Lipinski definition) is 3. The van der Waals surface area contributed by atoms with Crippen LogP contribution in [0, 0.1) is 17.8 Å². The van der Waals surface area contributed by atoms with Gasteiger partial charge in [-0.15, -0.1) is 0 Å². The highest BCUT2D eigenvalue weighted by molar-refractivity contribution is 7.99. The molecule has 0 spiro atoms. The predicted molar refractivity (Wildman–Crippen MR) is 71.1 cm³/mol. The van der Waals surface area contributed by atoms with Gasteiger partial charge in [0.25, 0.3) is 0 Å². The van der Waals surface area contributed by atoms with Crippen molar-refractivity contribution in [1.82, 2.24) is 10.6 Å². The molecule has 3 rings (SSSR count). The van der Waals surface area contributed by atoms with Crippen LogP contribution in [0.2, 0.25) is 0 Å². The van der Waals surface area contributed by atoms with E-state index in [2.05, 4.69) is 10.6 Å². The zero-order valence-electron chi connectivity index (χ0n) is 10.3. The van der Waals surface area contributed by atoms with Gasteiger partial charge in [0.2, 0.25) is 5.91 Å². The Morgan fingerprint density at radius 3 is 2.94 bits per heavy atom. The Kier molecular flexibility index (Phi) is 3.61. The zero-order valence-corrected chi connectivity index (χ0v) is 11.1. The van der Waals surface area contributed by atoms with E-state index in [0.717, 1.165) is 42.3 Å². The number of thioether (sulfide) groups is 1. The zero-order chi connectivity index (χ0) is 11.7. The van der Waals surface area contributed by atoms with Crippen molar-refractivity contribution >= 4 is 17.7 Å². The molecular weight excluding hydrogens is 232 g/mol. The van der Waals surface area contributed by atoms with Crippen LogP contribution in [0.4, 0.5) is 0 Å². The number of rotatable bonds is 3. The first-order valence-corrected chi connectivity index (χ1v) is 8.07. The lowest BCUT2D eigenvalue weighted by atomic mass is 9.89. The second-order valence-electron chi connectivity index (χ2n) is 5.76. The lowest BCUT2D eigenvalue weighted by molar-refractivity contribution is -0.122. The molecular formula is C13H22N2OS. The Balaban J connectivity index is 1.43. The van der Waals surface area contributed by atoms with Crippen LogP contribution in [0.3, 0.4) is 0 Å². The fourth-order valence-corrected chi connectivity index (χ4v) is 4.65. The molecule has 4 atom stereocenters. The average Bonchev–Trinajstić information content (AvgIpc) is 2.99. The summed E-state index contributed by atoms with van der Waals surface area (Å²) in [5.41, 5.74) is 0. The van der Waals surface area contributed by atoms with Gasteiger partial charge in [0, 0.05) is 24.6 Å². The summed E-state index contributed by atoms with van der Waals surface area (Å²) >= 11 is 1.88. The molecule has 2 N–H and O–H groups in total. The molecule has 2 saturated carbocycles. The SMILES string of the molecule is O=C(NCC1CC2CCC1C2)C1CSCCN1. The molecule has 1 heterocycles. The van der Waals surface area contributed by atoms with Gasteiger partial charge >= 0.3 is 0 Å². The van der Waals surface area contributed by atoms with Gasteiger partial charge < -0.3 is 10.6 Å². The highest BCUT2D eigenvalue weighted by Crippen LogP contribution is 2.47. The van der Waals surface area contributed by atoms with Crippen LogP contribution in [0.1, 0.15) is 25.7 Å². The maximum absolute atomic E-state index is 12.0. The molecule has 0 aromatic rings. The van der Waals surface area contributed by atoms with Crippen molar-refractivity contribution in [3.05, 3.63) is 0 Å². The van der Waals surface area contributed by atoms with Crippen molar-refractivity contribution in [2.24, 2.45) is 17.8 Å². The summed E-state index contributed by atoms with van der Waals surface area (Å²) in [6.07, 6.45) is 5.63. The minimum atomic E-state index is 0.0485. The van der Waals surface area contributed by atoms with E-state index in [0.29, 0.717) is 0 Å². The van der Waals surface area contributed by atoms with Gasteiger partial charge in [-0.3, -0.25) is 4.79 Å². The second kappa shape index (κ2) is 5.19. The van der Waals surface area contributed by atoms with Gasteiger partial charge in [-0.1, -0.05) is 6.42 Å². The summed E-state index contributed by atoms with van der Waals surface area (Å²) in [6, 6.07) is 0.0485. The largest absolute Gasteiger partial charge is 0.354 e. The van der Waals surface area contributed by atoms with Crippen LogP contribution < -0.4 is 10.6 Å². The Labute approximate surface area is 107 Å². The van der Waals surface area contributed by atoms with E-state index in [1.807, 2.05) is 11.8 Å². The summed E-state index contributed by atoms with van der Waals surface area (Å²) in [6.45, 7) is 1.89. The van der Waals surface area contributed by atoms with Crippen LogP contribution in [0.25, 0.3) is 0 Å². The first kappa shape index (κ1) is 11.8. The molecule has 4 unspecified atom stereocenters. The molecule has 4 heteroatoms. The van der Waals surface area contributed by atoms with Gasteiger partial charge in [0.15, 0.2) is 0 Å². The second-order valence-corrected chi connectivity index (χ2v) is 6.91. The minimum Gasteiger partial charge on any atom is -0.354 e. The predicted octanol–water partition coefficient (Wildman–Crippen LogP) is 1.24. The van der Waals surface area contributed by atoms with E-state index in [1.54, 1.807) is 0 Å². The topological polar surface area (TPSA) is 41.1 Å². The third kappa shape index (κ3) is 2.63. The molecule has 3 nitrogen and oxygen atoms in total. The third-order valence-electron chi connectivity index (χ3n) is 4.66. The van der Waals surface area contributed by atoms with Crippen molar-refractivity contribution < 1.29 is 4.79 Å². The Morgan fingerprint density at radius 2 is 2.29 bits per heavy atom. The third-order valence-corrected chi connectivity index (χ3v) is 5.72. The van der Waals surface area contributed by atoms with Crippen LogP contribution in [-0.4, -0.2) is 36.5 Å². The van der Waals surface area contributed by atoms with Crippen LogP contribution in [-0.2, 0) is 4.79 Å². The van der Waals surface area contributed by atoms with Crippen molar-refractivity contribution in [1.29, 1.82) is 0 Å². The normalized spacial score (nSPS) is 40.5. The Hall–Kier alpha value is -0.220. The molecule has 96 valence electrons. The molecule has 3 fully saturated rings. The molecule has 3 aliphatic rings. The number of amides is 1. The van der Waals surface area contributed by atoms with E-state index in [9.17, 15) is 4.79 Å². The standard InChI is InChI=1S/C13H22N2OS/c16-13(12-8-17-4-3-14-12)15-7-11-6-9-1-2-10(11)5-9/h9-12,14H,1-8H2,(H,15,16). The maximum atomic E-state index is 12.0. The van der Waals surface area contributed by atoms with Crippen molar-refractivity contribution in [2.75, 3.05) is 24.6 Å².